The van der Waals surface area contributed by atoms with Gasteiger partial charge in [-0.1, -0.05) is 49.2 Å². The second kappa shape index (κ2) is 9.18. The average Bonchev–Trinajstić information content (AvgIpc) is 3.20. The van der Waals surface area contributed by atoms with E-state index < -0.39 is 0 Å². The molecule has 0 saturated carbocycles. The van der Waals surface area contributed by atoms with Crippen molar-refractivity contribution in [1.82, 2.24) is 15.0 Å². The molecule has 0 bridgehead atoms. The number of aryl methyl sites for hydroxylation is 1. The van der Waals surface area contributed by atoms with Gasteiger partial charge in [0.05, 0.1) is 29.1 Å². The Labute approximate surface area is 185 Å². The third-order valence-corrected chi connectivity index (χ3v) is 5.37. The Balaban J connectivity index is 1.59. The van der Waals surface area contributed by atoms with Crippen molar-refractivity contribution in [2.24, 2.45) is 0 Å². The molecule has 0 radical (unpaired) electrons. The first-order chi connectivity index (χ1) is 15.1. The second-order valence-electron chi connectivity index (χ2n) is 7.23. The number of methoxy groups -OCH3 is 1. The molecule has 0 fully saturated rings. The summed E-state index contributed by atoms with van der Waals surface area (Å²) in [5.41, 5.74) is 4.34. The van der Waals surface area contributed by atoms with E-state index in [0.29, 0.717) is 33.1 Å². The van der Waals surface area contributed by atoms with Gasteiger partial charge in [0.2, 0.25) is 0 Å². The quantitative estimate of drug-likeness (QED) is 0.406. The molecule has 1 amide bonds. The van der Waals surface area contributed by atoms with E-state index in [1.54, 1.807) is 35.1 Å². The third-order valence-electron chi connectivity index (χ3n) is 5.06. The summed E-state index contributed by atoms with van der Waals surface area (Å²) in [7, 11) is 1.53. The number of para-hydroxylation sites is 1. The van der Waals surface area contributed by atoms with Gasteiger partial charge < -0.3 is 10.1 Å². The van der Waals surface area contributed by atoms with Gasteiger partial charge in [0, 0.05) is 0 Å². The zero-order valence-electron chi connectivity index (χ0n) is 17.4. The summed E-state index contributed by atoms with van der Waals surface area (Å²) in [6, 6.07) is 18.7. The summed E-state index contributed by atoms with van der Waals surface area (Å²) >= 11 is 6.41. The number of nitrogens with zero attached hydrogens (tertiary/aromatic N) is 3. The number of carbonyl (C=O) groups excluding carboxylic acids is 1. The molecule has 31 heavy (non-hydrogen) atoms. The van der Waals surface area contributed by atoms with Gasteiger partial charge in [-0.05, 0) is 54.8 Å². The fraction of sp³-hybridized carbons (Fsp3) is 0.208. The zero-order chi connectivity index (χ0) is 21.8. The van der Waals surface area contributed by atoms with Crippen molar-refractivity contribution in [3.05, 3.63) is 76.8 Å². The highest BCUT2D eigenvalue weighted by atomic mass is 35.5. The van der Waals surface area contributed by atoms with E-state index in [9.17, 15) is 4.79 Å². The minimum Gasteiger partial charge on any atom is -0.496 e. The van der Waals surface area contributed by atoms with E-state index in [4.69, 9.17) is 16.3 Å². The van der Waals surface area contributed by atoms with E-state index in [1.807, 2.05) is 18.2 Å². The molecule has 4 rings (SSSR count). The highest BCUT2D eigenvalue weighted by molar-refractivity contribution is 6.34. The number of hydrogen-bond donors (Lipinski definition) is 1. The van der Waals surface area contributed by atoms with E-state index in [0.717, 1.165) is 12.1 Å². The molecule has 1 aromatic heterocycles. The van der Waals surface area contributed by atoms with Crippen molar-refractivity contribution in [2.75, 3.05) is 12.4 Å². The van der Waals surface area contributed by atoms with Crippen LogP contribution in [0.3, 0.4) is 0 Å². The predicted molar refractivity (Wildman–Crippen MR) is 123 cm³/mol. The maximum Gasteiger partial charge on any atom is 0.259 e. The number of amides is 1. The van der Waals surface area contributed by atoms with E-state index in [-0.39, 0.29) is 5.91 Å². The number of anilines is 1. The van der Waals surface area contributed by atoms with Gasteiger partial charge in [-0.25, -0.2) is 0 Å². The number of benzene rings is 3. The smallest absolute Gasteiger partial charge is 0.259 e. The first-order valence-corrected chi connectivity index (χ1v) is 10.6. The Bertz CT molecular complexity index is 1220. The lowest BCUT2D eigenvalue weighted by atomic mass is 10.1. The second-order valence-corrected chi connectivity index (χ2v) is 7.64. The first-order valence-electron chi connectivity index (χ1n) is 10.2. The highest BCUT2D eigenvalue weighted by Crippen LogP contribution is 2.28. The first kappa shape index (κ1) is 20.9. The molecule has 0 aliphatic rings. The number of carbonyl (C=O) groups is 1. The largest absolute Gasteiger partial charge is 0.496 e. The maximum absolute atomic E-state index is 12.7. The maximum atomic E-state index is 12.7. The summed E-state index contributed by atoms with van der Waals surface area (Å²) in [6.07, 6.45) is 3.41. The standard InChI is InChI=1S/C24H23ClN4O2/c1-3-4-7-16-10-12-17(13-11-16)29-27-21-14-19(25)20(15-22(21)28-29)26-24(30)18-8-5-6-9-23(18)31-2/h5-6,8-15H,3-4,7H2,1-2H3,(H,26,30). The van der Waals surface area contributed by atoms with Crippen LogP contribution in [0.2, 0.25) is 5.02 Å². The number of unbranched alkanes of at least 4 members (excludes halogenated alkanes) is 1. The van der Waals surface area contributed by atoms with Gasteiger partial charge in [0.25, 0.3) is 5.91 Å². The van der Waals surface area contributed by atoms with Gasteiger partial charge in [-0.15, -0.1) is 10.2 Å². The molecule has 0 saturated heterocycles. The summed E-state index contributed by atoms with van der Waals surface area (Å²) < 4.78 is 5.27. The molecule has 7 heteroatoms. The minimum atomic E-state index is -0.311. The molecule has 3 aromatic carbocycles. The van der Waals surface area contributed by atoms with Crippen molar-refractivity contribution in [3.8, 4) is 11.4 Å². The van der Waals surface area contributed by atoms with Crippen LogP contribution in [0, 0.1) is 0 Å². The molecule has 158 valence electrons. The van der Waals surface area contributed by atoms with Crippen molar-refractivity contribution in [1.29, 1.82) is 0 Å². The van der Waals surface area contributed by atoms with Crippen molar-refractivity contribution in [2.45, 2.75) is 26.2 Å². The number of halogens is 1. The number of fused-ring (bicyclic) bond motifs is 1. The molecule has 0 aliphatic heterocycles. The lowest BCUT2D eigenvalue weighted by molar-refractivity contribution is 0.102. The lowest BCUT2D eigenvalue weighted by Gasteiger charge is -2.10. The van der Waals surface area contributed by atoms with Crippen molar-refractivity contribution < 1.29 is 9.53 Å². The normalized spacial score (nSPS) is 10.9. The number of nitrogens with one attached hydrogen (secondary N) is 1. The molecule has 1 heterocycles. The molecular weight excluding hydrogens is 412 g/mol. The number of rotatable bonds is 7. The summed E-state index contributed by atoms with van der Waals surface area (Å²) in [6.45, 7) is 2.19. The molecule has 0 spiro atoms. The number of aromatic nitrogens is 3. The van der Waals surface area contributed by atoms with Crippen molar-refractivity contribution >= 4 is 34.2 Å². The molecule has 1 N–H and O–H groups in total. The Morgan fingerprint density at radius 2 is 1.77 bits per heavy atom. The van der Waals surface area contributed by atoms with Crippen molar-refractivity contribution in [3.63, 3.8) is 0 Å². The number of ether oxygens (including phenoxy) is 1. The molecule has 4 aromatic rings. The van der Waals surface area contributed by atoms with Gasteiger partial charge in [-0.2, -0.15) is 4.80 Å². The molecular formula is C24H23ClN4O2. The fourth-order valence-electron chi connectivity index (χ4n) is 3.35. The van der Waals surface area contributed by atoms with Gasteiger partial charge in [0.15, 0.2) is 0 Å². The lowest BCUT2D eigenvalue weighted by Crippen LogP contribution is -2.13. The number of hydrogen-bond acceptors (Lipinski definition) is 4. The molecule has 0 aliphatic carbocycles. The monoisotopic (exact) mass is 434 g/mol. The fourth-order valence-corrected chi connectivity index (χ4v) is 3.55. The van der Waals surface area contributed by atoms with Gasteiger partial charge in [0.1, 0.15) is 16.8 Å². The minimum absolute atomic E-state index is 0.311. The summed E-state index contributed by atoms with van der Waals surface area (Å²) in [5, 5.41) is 12.3. The van der Waals surface area contributed by atoms with Crippen LogP contribution >= 0.6 is 11.6 Å². The molecule has 0 unspecified atom stereocenters. The van der Waals surface area contributed by atoms with E-state index >= 15 is 0 Å². The Morgan fingerprint density at radius 3 is 2.48 bits per heavy atom. The SMILES string of the molecule is CCCCc1ccc(-n2nc3cc(Cl)c(NC(=O)c4ccccc4OC)cc3n2)cc1. The van der Waals surface area contributed by atoms with Crippen LogP contribution in [0.25, 0.3) is 16.7 Å². The third kappa shape index (κ3) is 4.54. The molecule has 6 nitrogen and oxygen atoms in total. The van der Waals surface area contributed by atoms with Crippen LogP contribution in [0.5, 0.6) is 5.75 Å². The van der Waals surface area contributed by atoms with Crippen LogP contribution in [0.4, 0.5) is 5.69 Å². The van der Waals surface area contributed by atoms with Crippen LogP contribution in [-0.2, 0) is 6.42 Å². The Hall–Kier alpha value is -3.38. The Kier molecular flexibility index (Phi) is 6.18. The summed E-state index contributed by atoms with van der Waals surface area (Å²) in [5.74, 6) is 0.180. The van der Waals surface area contributed by atoms with E-state index in [1.165, 1.54) is 25.5 Å². The average molecular weight is 435 g/mol. The van der Waals surface area contributed by atoms with Crippen LogP contribution in [0.1, 0.15) is 35.7 Å². The molecule has 0 atom stereocenters. The van der Waals surface area contributed by atoms with Gasteiger partial charge >= 0.3 is 0 Å². The van der Waals surface area contributed by atoms with Crippen LogP contribution in [0.15, 0.2) is 60.7 Å². The van der Waals surface area contributed by atoms with Crippen LogP contribution in [-0.4, -0.2) is 28.0 Å². The van der Waals surface area contributed by atoms with E-state index in [2.05, 4.69) is 34.6 Å². The predicted octanol–water partition coefficient (Wildman–Crippen LogP) is 5.68. The topological polar surface area (TPSA) is 69.0 Å². The Morgan fingerprint density at radius 1 is 1.06 bits per heavy atom. The zero-order valence-corrected chi connectivity index (χ0v) is 18.2. The van der Waals surface area contributed by atoms with Gasteiger partial charge in [-0.3, -0.25) is 4.79 Å². The van der Waals surface area contributed by atoms with Crippen LogP contribution < -0.4 is 10.1 Å². The highest BCUT2D eigenvalue weighted by Gasteiger charge is 2.15. The summed E-state index contributed by atoms with van der Waals surface area (Å²) in [4.78, 5) is 14.3.